The smallest absolute Gasteiger partial charge is 0.303 e. The lowest BCUT2D eigenvalue weighted by Crippen LogP contribution is -2.45. The normalized spacial score (nSPS) is 37.0. The molecule has 3 atom stereocenters. The summed E-state index contributed by atoms with van der Waals surface area (Å²) in [6.45, 7) is 3.46. The molecule has 0 unspecified atom stereocenters. The topological polar surface area (TPSA) is 43.4 Å². The van der Waals surface area contributed by atoms with Crippen LogP contribution in [0.5, 0.6) is 0 Å². The Morgan fingerprint density at radius 3 is 2.94 bits per heavy atom. The molecule has 3 nitrogen and oxygen atoms in total. The first kappa shape index (κ1) is 11.1. The fourth-order valence-electron chi connectivity index (χ4n) is 2.55. The molecule has 0 aliphatic heterocycles. The van der Waals surface area contributed by atoms with Gasteiger partial charge >= 0.3 is 5.97 Å². The van der Waals surface area contributed by atoms with E-state index in [2.05, 4.69) is 19.1 Å². The van der Waals surface area contributed by atoms with E-state index < -0.39 is 6.10 Å². The van der Waals surface area contributed by atoms with Crippen molar-refractivity contribution in [1.29, 1.82) is 0 Å². The minimum absolute atomic E-state index is 0.0528. The predicted octanol–water partition coefficient (Wildman–Crippen LogP) is 2.03. The average molecular weight is 220 g/mol. The summed E-state index contributed by atoms with van der Waals surface area (Å²) in [5, 5.41) is 0. The van der Waals surface area contributed by atoms with Crippen LogP contribution in [0.15, 0.2) is 24.3 Å². The van der Waals surface area contributed by atoms with Gasteiger partial charge in [0.1, 0.15) is 0 Å². The molecule has 0 heterocycles. The quantitative estimate of drug-likeness (QED) is 0.501. The van der Waals surface area contributed by atoms with Crippen molar-refractivity contribution in [2.75, 3.05) is 0 Å². The van der Waals surface area contributed by atoms with Crippen LogP contribution < -0.4 is 0 Å². The van der Waals surface area contributed by atoms with Crippen LogP contribution in [0.3, 0.4) is 0 Å². The average Bonchev–Trinajstić information content (AvgIpc) is 2.22. The lowest BCUT2D eigenvalue weighted by Gasteiger charge is -2.42. The highest BCUT2D eigenvalue weighted by molar-refractivity contribution is 5.96. The number of carbonyl (C=O) groups is 2. The number of esters is 1. The molecule has 0 aromatic heterocycles. The molecular weight excluding hydrogens is 204 g/mol. The standard InChI is InChI=1S/C13H16O3/c1-9(14)16-12-10-5-3-4-7-13(10,2)8-6-11(12)15/h3-4,6,8,10,12H,5,7H2,1-2H3/t10-,12-,13-/m0/s1. The number of ether oxygens (including phenoxy) is 1. The fraction of sp³-hybridized carbons (Fsp3) is 0.538. The van der Waals surface area contributed by atoms with E-state index in [0.29, 0.717) is 0 Å². The minimum Gasteiger partial charge on any atom is -0.454 e. The van der Waals surface area contributed by atoms with Gasteiger partial charge in [0.2, 0.25) is 0 Å². The summed E-state index contributed by atoms with van der Waals surface area (Å²) in [7, 11) is 0. The zero-order valence-corrected chi connectivity index (χ0v) is 9.60. The number of hydrogen-bond donors (Lipinski definition) is 0. The summed E-state index contributed by atoms with van der Waals surface area (Å²) >= 11 is 0. The maximum absolute atomic E-state index is 11.7. The number of allylic oxidation sites excluding steroid dienone is 3. The molecule has 0 fully saturated rings. The molecular formula is C13H16O3. The Kier molecular flexibility index (Phi) is 2.70. The SMILES string of the molecule is CC(=O)O[C@@H]1C(=O)C=C[C@]2(C)CC=CC[C@@H]12. The lowest BCUT2D eigenvalue weighted by atomic mass is 9.64. The van der Waals surface area contributed by atoms with Crippen LogP contribution in [0.25, 0.3) is 0 Å². The monoisotopic (exact) mass is 220 g/mol. The van der Waals surface area contributed by atoms with Gasteiger partial charge in [-0.3, -0.25) is 9.59 Å². The molecule has 0 aromatic rings. The van der Waals surface area contributed by atoms with Gasteiger partial charge in [-0.1, -0.05) is 25.2 Å². The highest BCUT2D eigenvalue weighted by Crippen LogP contribution is 2.44. The van der Waals surface area contributed by atoms with Gasteiger partial charge in [-0.05, 0) is 24.3 Å². The van der Waals surface area contributed by atoms with Crippen LogP contribution in [-0.4, -0.2) is 17.9 Å². The number of ketones is 1. The van der Waals surface area contributed by atoms with E-state index >= 15 is 0 Å². The van der Waals surface area contributed by atoms with E-state index in [9.17, 15) is 9.59 Å². The number of rotatable bonds is 1. The van der Waals surface area contributed by atoms with Crippen LogP contribution in [0.1, 0.15) is 26.7 Å². The van der Waals surface area contributed by atoms with E-state index in [4.69, 9.17) is 4.74 Å². The van der Waals surface area contributed by atoms with Gasteiger partial charge in [0.05, 0.1) is 0 Å². The van der Waals surface area contributed by atoms with Gasteiger partial charge in [-0.2, -0.15) is 0 Å². The van der Waals surface area contributed by atoms with Gasteiger partial charge in [0, 0.05) is 12.8 Å². The van der Waals surface area contributed by atoms with Crippen molar-refractivity contribution in [3.63, 3.8) is 0 Å². The molecule has 2 rings (SSSR count). The molecule has 0 bridgehead atoms. The molecule has 0 N–H and O–H groups in total. The number of fused-ring (bicyclic) bond motifs is 1. The largest absolute Gasteiger partial charge is 0.454 e. The van der Waals surface area contributed by atoms with E-state index in [-0.39, 0.29) is 23.1 Å². The Hall–Kier alpha value is -1.38. The predicted molar refractivity (Wildman–Crippen MR) is 59.7 cm³/mol. The van der Waals surface area contributed by atoms with Crippen molar-refractivity contribution in [3.8, 4) is 0 Å². The van der Waals surface area contributed by atoms with Crippen molar-refractivity contribution in [1.82, 2.24) is 0 Å². The second-order valence-corrected chi connectivity index (χ2v) is 4.79. The second-order valence-electron chi connectivity index (χ2n) is 4.79. The summed E-state index contributed by atoms with van der Waals surface area (Å²) in [6.07, 6.45) is 8.81. The molecule has 0 saturated carbocycles. The van der Waals surface area contributed by atoms with E-state index in [1.54, 1.807) is 6.08 Å². The minimum atomic E-state index is -0.600. The molecule has 0 spiro atoms. The molecule has 0 aromatic carbocycles. The van der Waals surface area contributed by atoms with E-state index in [1.165, 1.54) is 6.92 Å². The fourth-order valence-corrected chi connectivity index (χ4v) is 2.55. The molecule has 86 valence electrons. The Morgan fingerprint density at radius 2 is 2.25 bits per heavy atom. The van der Waals surface area contributed by atoms with Gasteiger partial charge < -0.3 is 4.74 Å². The van der Waals surface area contributed by atoms with Crippen LogP contribution in [0.4, 0.5) is 0 Å². The Bertz CT molecular complexity index is 381. The van der Waals surface area contributed by atoms with Gasteiger partial charge in [0.15, 0.2) is 11.9 Å². The maximum atomic E-state index is 11.7. The van der Waals surface area contributed by atoms with Crippen LogP contribution in [0.2, 0.25) is 0 Å². The van der Waals surface area contributed by atoms with Gasteiger partial charge in [0.25, 0.3) is 0 Å². The Balaban J connectivity index is 2.30. The number of carbonyl (C=O) groups excluding carboxylic acids is 2. The molecule has 2 aliphatic rings. The molecule has 2 aliphatic carbocycles. The molecule has 0 amide bonds. The van der Waals surface area contributed by atoms with Crippen molar-refractivity contribution in [2.45, 2.75) is 32.8 Å². The van der Waals surface area contributed by atoms with Crippen LogP contribution in [-0.2, 0) is 14.3 Å². The first-order chi connectivity index (χ1) is 7.53. The van der Waals surface area contributed by atoms with Crippen molar-refractivity contribution in [3.05, 3.63) is 24.3 Å². The zero-order valence-electron chi connectivity index (χ0n) is 9.60. The third-order valence-corrected chi connectivity index (χ3v) is 3.53. The third-order valence-electron chi connectivity index (χ3n) is 3.53. The van der Waals surface area contributed by atoms with Gasteiger partial charge in [-0.15, -0.1) is 0 Å². The van der Waals surface area contributed by atoms with E-state index in [1.807, 2.05) is 6.08 Å². The second kappa shape index (κ2) is 3.89. The maximum Gasteiger partial charge on any atom is 0.303 e. The first-order valence-electron chi connectivity index (χ1n) is 5.58. The van der Waals surface area contributed by atoms with Crippen LogP contribution in [0, 0.1) is 11.3 Å². The summed E-state index contributed by atoms with van der Waals surface area (Å²) < 4.78 is 5.16. The van der Waals surface area contributed by atoms with Crippen molar-refractivity contribution < 1.29 is 14.3 Å². The summed E-state index contributed by atoms with van der Waals surface area (Å²) in [4.78, 5) is 22.8. The Labute approximate surface area is 95.2 Å². The third kappa shape index (κ3) is 1.82. The summed E-state index contributed by atoms with van der Waals surface area (Å²) in [5.41, 5.74) is -0.0528. The number of hydrogen-bond acceptors (Lipinski definition) is 3. The van der Waals surface area contributed by atoms with Crippen molar-refractivity contribution >= 4 is 11.8 Å². The highest BCUT2D eigenvalue weighted by Gasteiger charge is 2.44. The van der Waals surface area contributed by atoms with Crippen LogP contribution >= 0.6 is 0 Å². The molecule has 16 heavy (non-hydrogen) atoms. The van der Waals surface area contributed by atoms with Gasteiger partial charge in [-0.25, -0.2) is 0 Å². The van der Waals surface area contributed by atoms with E-state index in [0.717, 1.165) is 12.8 Å². The lowest BCUT2D eigenvalue weighted by molar-refractivity contribution is -0.158. The Morgan fingerprint density at radius 1 is 1.50 bits per heavy atom. The van der Waals surface area contributed by atoms with Crippen molar-refractivity contribution in [2.24, 2.45) is 11.3 Å². The first-order valence-corrected chi connectivity index (χ1v) is 5.58. The zero-order chi connectivity index (χ0) is 11.8. The molecule has 3 heteroatoms. The molecule has 0 radical (unpaired) electrons. The summed E-state index contributed by atoms with van der Waals surface area (Å²) in [6, 6.07) is 0. The molecule has 0 saturated heterocycles. The summed E-state index contributed by atoms with van der Waals surface area (Å²) in [5.74, 6) is -0.391. The highest BCUT2D eigenvalue weighted by atomic mass is 16.5.